The number of hydrogen-bond donors (Lipinski definition) is 0. The molecule has 0 spiro atoms. The SMILES string of the molecule is COc1ccccc1CN(CC1CCCO1)c1cccc(C#N)n1. The van der Waals surface area contributed by atoms with Gasteiger partial charge in [-0.05, 0) is 31.0 Å². The van der Waals surface area contributed by atoms with Gasteiger partial charge in [0.05, 0.1) is 13.2 Å². The van der Waals surface area contributed by atoms with E-state index in [-0.39, 0.29) is 6.10 Å². The zero-order chi connectivity index (χ0) is 16.8. The van der Waals surface area contributed by atoms with Gasteiger partial charge in [0.1, 0.15) is 23.3 Å². The van der Waals surface area contributed by atoms with Crippen LogP contribution in [0.15, 0.2) is 42.5 Å². The third kappa shape index (κ3) is 3.84. The molecule has 1 aliphatic heterocycles. The molecule has 0 bridgehead atoms. The van der Waals surface area contributed by atoms with Crippen LogP contribution < -0.4 is 9.64 Å². The average Bonchev–Trinajstić information content (AvgIpc) is 3.15. The van der Waals surface area contributed by atoms with Crippen LogP contribution in [0.25, 0.3) is 0 Å². The van der Waals surface area contributed by atoms with E-state index in [2.05, 4.69) is 22.0 Å². The minimum absolute atomic E-state index is 0.201. The van der Waals surface area contributed by atoms with Gasteiger partial charge in [-0.2, -0.15) is 5.26 Å². The summed E-state index contributed by atoms with van der Waals surface area (Å²) in [5, 5.41) is 9.12. The summed E-state index contributed by atoms with van der Waals surface area (Å²) in [5.41, 5.74) is 1.51. The number of para-hydroxylation sites is 1. The Labute approximate surface area is 142 Å². The van der Waals surface area contributed by atoms with Crippen LogP contribution in [0.4, 0.5) is 5.82 Å². The minimum atomic E-state index is 0.201. The lowest BCUT2D eigenvalue weighted by molar-refractivity contribution is 0.115. The van der Waals surface area contributed by atoms with Crippen molar-refractivity contribution in [1.82, 2.24) is 4.98 Å². The number of pyridine rings is 1. The third-order valence-electron chi connectivity index (χ3n) is 4.17. The fourth-order valence-corrected chi connectivity index (χ4v) is 2.97. The molecule has 1 unspecified atom stereocenters. The van der Waals surface area contributed by atoms with Crippen molar-refractivity contribution < 1.29 is 9.47 Å². The van der Waals surface area contributed by atoms with E-state index in [0.717, 1.165) is 43.1 Å². The zero-order valence-electron chi connectivity index (χ0n) is 13.8. The highest BCUT2D eigenvalue weighted by atomic mass is 16.5. The summed E-state index contributed by atoms with van der Waals surface area (Å²) in [6.07, 6.45) is 2.35. The van der Waals surface area contributed by atoms with Crippen molar-refractivity contribution in [3.8, 4) is 11.8 Å². The van der Waals surface area contributed by atoms with E-state index < -0.39 is 0 Å². The van der Waals surface area contributed by atoms with E-state index in [0.29, 0.717) is 12.2 Å². The first-order valence-electron chi connectivity index (χ1n) is 8.16. The normalized spacial score (nSPS) is 16.6. The third-order valence-corrected chi connectivity index (χ3v) is 4.17. The summed E-state index contributed by atoms with van der Waals surface area (Å²) in [6, 6.07) is 15.6. The topological polar surface area (TPSA) is 58.4 Å². The largest absolute Gasteiger partial charge is 0.496 e. The molecule has 124 valence electrons. The molecule has 1 atom stereocenters. The Morgan fingerprint density at radius 3 is 2.92 bits per heavy atom. The van der Waals surface area contributed by atoms with Crippen molar-refractivity contribution in [2.45, 2.75) is 25.5 Å². The van der Waals surface area contributed by atoms with E-state index in [9.17, 15) is 0 Å². The highest BCUT2D eigenvalue weighted by Gasteiger charge is 2.21. The lowest BCUT2D eigenvalue weighted by Crippen LogP contribution is -2.32. The van der Waals surface area contributed by atoms with Crippen LogP contribution >= 0.6 is 0 Å². The van der Waals surface area contributed by atoms with Crippen LogP contribution in [-0.4, -0.2) is 31.3 Å². The maximum absolute atomic E-state index is 9.12. The second kappa shape index (κ2) is 7.80. The van der Waals surface area contributed by atoms with Crippen molar-refractivity contribution >= 4 is 5.82 Å². The molecule has 1 aliphatic rings. The second-order valence-corrected chi connectivity index (χ2v) is 5.82. The molecule has 2 aromatic rings. The predicted octanol–water partition coefficient (Wildman–Crippen LogP) is 3.15. The maximum Gasteiger partial charge on any atom is 0.142 e. The Hall–Kier alpha value is -2.58. The van der Waals surface area contributed by atoms with Crippen LogP contribution in [0.1, 0.15) is 24.1 Å². The van der Waals surface area contributed by atoms with Crippen molar-refractivity contribution in [2.24, 2.45) is 0 Å². The van der Waals surface area contributed by atoms with Crippen molar-refractivity contribution in [3.63, 3.8) is 0 Å². The van der Waals surface area contributed by atoms with Gasteiger partial charge in [-0.1, -0.05) is 24.3 Å². The van der Waals surface area contributed by atoms with Gasteiger partial charge in [0, 0.05) is 25.3 Å². The molecule has 1 saturated heterocycles. The van der Waals surface area contributed by atoms with E-state index >= 15 is 0 Å². The Bertz CT molecular complexity index is 721. The monoisotopic (exact) mass is 323 g/mol. The second-order valence-electron chi connectivity index (χ2n) is 5.82. The van der Waals surface area contributed by atoms with Crippen LogP contribution in [0.3, 0.4) is 0 Å². The number of benzene rings is 1. The van der Waals surface area contributed by atoms with Crippen molar-refractivity contribution in [3.05, 3.63) is 53.7 Å². The smallest absolute Gasteiger partial charge is 0.142 e. The summed E-state index contributed by atoms with van der Waals surface area (Å²) in [5.74, 6) is 1.64. The predicted molar refractivity (Wildman–Crippen MR) is 92.0 cm³/mol. The summed E-state index contributed by atoms with van der Waals surface area (Å²) >= 11 is 0. The molecule has 0 N–H and O–H groups in total. The number of anilines is 1. The van der Waals surface area contributed by atoms with Crippen LogP contribution in [-0.2, 0) is 11.3 Å². The molecule has 1 aromatic heterocycles. The fraction of sp³-hybridized carbons (Fsp3) is 0.368. The molecule has 1 aromatic carbocycles. The van der Waals surface area contributed by atoms with Gasteiger partial charge in [-0.25, -0.2) is 4.98 Å². The quantitative estimate of drug-likeness (QED) is 0.817. The maximum atomic E-state index is 9.12. The number of methoxy groups -OCH3 is 1. The Balaban J connectivity index is 1.87. The molecule has 0 saturated carbocycles. The molecule has 0 aliphatic carbocycles. The fourth-order valence-electron chi connectivity index (χ4n) is 2.97. The van der Waals surface area contributed by atoms with E-state index in [1.54, 1.807) is 13.2 Å². The lowest BCUT2D eigenvalue weighted by Gasteiger charge is -2.27. The Morgan fingerprint density at radius 2 is 2.17 bits per heavy atom. The number of ether oxygens (including phenoxy) is 2. The van der Waals surface area contributed by atoms with Gasteiger partial charge in [0.15, 0.2) is 0 Å². The number of nitriles is 1. The van der Waals surface area contributed by atoms with E-state index in [1.165, 1.54) is 0 Å². The van der Waals surface area contributed by atoms with E-state index in [4.69, 9.17) is 14.7 Å². The van der Waals surface area contributed by atoms with Crippen LogP contribution in [0, 0.1) is 11.3 Å². The zero-order valence-corrected chi connectivity index (χ0v) is 13.8. The first kappa shape index (κ1) is 16.3. The number of aromatic nitrogens is 1. The molecule has 1 fully saturated rings. The minimum Gasteiger partial charge on any atom is -0.496 e. The first-order valence-corrected chi connectivity index (χ1v) is 8.16. The summed E-state index contributed by atoms with van der Waals surface area (Å²) in [7, 11) is 1.68. The highest BCUT2D eigenvalue weighted by molar-refractivity contribution is 5.45. The number of nitrogens with zero attached hydrogens (tertiary/aromatic N) is 3. The molecular weight excluding hydrogens is 302 g/mol. The highest BCUT2D eigenvalue weighted by Crippen LogP contribution is 2.24. The summed E-state index contributed by atoms with van der Waals surface area (Å²) < 4.78 is 11.3. The average molecular weight is 323 g/mol. The van der Waals surface area contributed by atoms with Crippen LogP contribution in [0.2, 0.25) is 0 Å². The van der Waals surface area contributed by atoms with Crippen molar-refractivity contribution in [1.29, 1.82) is 5.26 Å². The Morgan fingerprint density at radius 1 is 1.29 bits per heavy atom. The van der Waals surface area contributed by atoms with Gasteiger partial charge < -0.3 is 14.4 Å². The molecule has 2 heterocycles. The molecule has 24 heavy (non-hydrogen) atoms. The molecule has 3 rings (SSSR count). The van der Waals surface area contributed by atoms with Gasteiger partial charge in [-0.3, -0.25) is 0 Å². The van der Waals surface area contributed by atoms with Gasteiger partial charge >= 0.3 is 0 Å². The Kier molecular flexibility index (Phi) is 5.29. The molecule has 5 nitrogen and oxygen atoms in total. The van der Waals surface area contributed by atoms with E-state index in [1.807, 2.05) is 30.3 Å². The standard InChI is InChI=1S/C19H21N3O2/c1-23-18-9-3-2-6-15(18)13-22(14-17-8-5-11-24-17)19-10-4-7-16(12-20)21-19/h2-4,6-7,9-10,17H,5,8,11,13-14H2,1H3. The molecule has 0 amide bonds. The van der Waals surface area contributed by atoms with Gasteiger partial charge in [0.2, 0.25) is 0 Å². The molecule has 0 radical (unpaired) electrons. The number of hydrogen-bond acceptors (Lipinski definition) is 5. The molecule has 5 heteroatoms. The van der Waals surface area contributed by atoms with Gasteiger partial charge in [-0.15, -0.1) is 0 Å². The van der Waals surface area contributed by atoms with Crippen molar-refractivity contribution in [2.75, 3.05) is 25.2 Å². The van der Waals surface area contributed by atoms with Crippen LogP contribution in [0.5, 0.6) is 5.75 Å². The molecular formula is C19H21N3O2. The first-order chi connectivity index (χ1) is 11.8. The summed E-state index contributed by atoms with van der Waals surface area (Å²) in [6.45, 7) is 2.23. The summed E-state index contributed by atoms with van der Waals surface area (Å²) in [4.78, 5) is 6.62. The van der Waals surface area contributed by atoms with Gasteiger partial charge in [0.25, 0.3) is 0 Å². The lowest BCUT2D eigenvalue weighted by atomic mass is 10.1. The number of rotatable bonds is 6.